The fourth-order valence-corrected chi connectivity index (χ4v) is 1.35. The highest BCUT2D eigenvalue weighted by molar-refractivity contribution is 5.20. The Morgan fingerprint density at radius 3 is 2.56 bits per heavy atom. The van der Waals surface area contributed by atoms with E-state index in [0.717, 1.165) is 5.75 Å². The van der Waals surface area contributed by atoms with Crippen molar-refractivity contribution >= 4 is 0 Å². The fourth-order valence-electron chi connectivity index (χ4n) is 1.35. The Labute approximate surface area is 109 Å². The summed E-state index contributed by atoms with van der Waals surface area (Å²) in [4.78, 5) is 0. The average molecular weight is 248 g/mol. The van der Waals surface area contributed by atoms with E-state index in [2.05, 4.69) is 11.4 Å². The highest BCUT2D eigenvalue weighted by atomic mass is 16.5. The van der Waals surface area contributed by atoms with Crippen LogP contribution in [0.4, 0.5) is 0 Å². The maximum Gasteiger partial charge on any atom is 0.119 e. The van der Waals surface area contributed by atoms with E-state index in [1.165, 1.54) is 0 Å². The minimum atomic E-state index is -0.514. The van der Waals surface area contributed by atoms with Crippen LogP contribution in [0.25, 0.3) is 0 Å². The molecule has 0 aliphatic carbocycles. The molecule has 0 saturated carbocycles. The van der Waals surface area contributed by atoms with Crippen LogP contribution < -0.4 is 10.1 Å². The monoisotopic (exact) mass is 248 g/mol. The summed E-state index contributed by atoms with van der Waals surface area (Å²) < 4.78 is 10.9. The van der Waals surface area contributed by atoms with Crippen LogP contribution in [0.5, 0.6) is 5.75 Å². The van der Waals surface area contributed by atoms with E-state index < -0.39 is 5.54 Å². The van der Waals surface area contributed by atoms with Crippen molar-refractivity contribution in [3.8, 4) is 11.8 Å². The average Bonchev–Trinajstić information content (AvgIpc) is 2.43. The molecule has 0 aliphatic rings. The molecule has 1 rings (SSSR count). The highest BCUT2D eigenvalue weighted by Crippen LogP contribution is 2.08. The molecule has 1 aromatic carbocycles. The van der Waals surface area contributed by atoms with Crippen molar-refractivity contribution in [3.05, 3.63) is 30.3 Å². The Balaban J connectivity index is 2.08. The molecule has 0 fully saturated rings. The van der Waals surface area contributed by atoms with Crippen LogP contribution in [0.3, 0.4) is 0 Å². The maximum absolute atomic E-state index is 8.94. The standard InChI is InChI=1S/C14H20N2O2/c1-14(12-15,16-2)8-9-17-10-11-18-13-6-4-3-5-7-13/h3-7,16H,8-11H2,1-2H3. The molecule has 0 aromatic heterocycles. The molecule has 4 heteroatoms. The van der Waals surface area contributed by atoms with Gasteiger partial charge in [-0.15, -0.1) is 0 Å². The third-order valence-electron chi connectivity index (χ3n) is 2.78. The topological polar surface area (TPSA) is 54.3 Å². The van der Waals surface area contributed by atoms with Gasteiger partial charge in [0.1, 0.15) is 17.9 Å². The molecule has 0 saturated heterocycles. The smallest absolute Gasteiger partial charge is 0.119 e. The summed E-state index contributed by atoms with van der Waals surface area (Å²) in [5, 5.41) is 11.9. The molecule has 1 atom stereocenters. The molecule has 0 radical (unpaired) electrons. The van der Waals surface area contributed by atoms with Crippen molar-refractivity contribution in [2.45, 2.75) is 18.9 Å². The second-order valence-electron chi connectivity index (χ2n) is 4.22. The lowest BCUT2D eigenvalue weighted by Gasteiger charge is -2.20. The van der Waals surface area contributed by atoms with Crippen molar-refractivity contribution in [3.63, 3.8) is 0 Å². The summed E-state index contributed by atoms with van der Waals surface area (Å²) in [6.45, 7) is 3.45. The summed E-state index contributed by atoms with van der Waals surface area (Å²) in [7, 11) is 1.78. The van der Waals surface area contributed by atoms with Gasteiger partial charge in [-0.2, -0.15) is 5.26 Å². The molecule has 0 amide bonds. The van der Waals surface area contributed by atoms with Gasteiger partial charge in [-0.1, -0.05) is 18.2 Å². The zero-order valence-corrected chi connectivity index (χ0v) is 11.0. The molecular weight excluding hydrogens is 228 g/mol. The molecule has 1 unspecified atom stereocenters. The van der Waals surface area contributed by atoms with E-state index in [1.54, 1.807) is 7.05 Å². The lowest BCUT2D eigenvalue weighted by molar-refractivity contribution is 0.0897. The Hall–Kier alpha value is -1.57. The van der Waals surface area contributed by atoms with Gasteiger partial charge in [0.25, 0.3) is 0 Å². The molecule has 0 aliphatic heterocycles. The van der Waals surface area contributed by atoms with E-state index in [1.807, 2.05) is 37.3 Å². The van der Waals surface area contributed by atoms with Crippen molar-refractivity contribution in [1.82, 2.24) is 5.32 Å². The minimum Gasteiger partial charge on any atom is -0.491 e. The first-order chi connectivity index (χ1) is 8.70. The highest BCUT2D eigenvalue weighted by Gasteiger charge is 2.20. The van der Waals surface area contributed by atoms with E-state index in [0.29, 0.717) is 26.2 Å². The third kappa shape index (κ3) is 5.17. The summed E-state index contributed by atoms with van der Waals surface area (Å²) >= 11 is 0. The van der Waals surface area contributed by atoms with Gasteiger partial charge >= 0.3 is 0 Å². The van der Waals surface area contributed by atoms with Crippen LogP contribution in [-0.4, -0.2) is 32.4 Å². The van der Waals surface area contributed by atoms with Crippen LogP contribution in [0, 0.1) is 11.3 Å². The number of ether oxygens (including phenoxy) is 2. The normalized spacial score (nSPS) is 13.6. The van der Waals surface area contributed by atoms with Crippen molar-refractivity contribution in [2.75, 3.05) is 26.9 Å². The van der Waals surface area contributed by atoms with Crippen molar-refractivity contribution in [2.24, 2.45) is 0 Å². The summed E-state index contributed by atoms with van der Waals surface area (Å²) in [5.74, 6) is 0.846. The second-order valence-corrected chi connectivity index (χ2v) is 4.22. The maximum atomic E-state index is 8.94. The van der Waals surface area contributed by atoms with Crippen LogP contribution in [0.2, 0.25) is 0 Å². The Morgan fingerprint density at radius 1 is 1.22 bits per heavy atom. The molecule has 98 valence electrons. The Bertz CT molecular complexity index is 375. The molecule has 1 N–H and O–H groups in total. The minimum absolute atomic E-state index is 0.514. The van der Waals surface area contributed by atoms with E-state index >= 15 is 0 Å². The van der Waals surface area contributed by atoms with Gasteiger partial charge in [-0.05, 0) is 26.1 Å². The van der Waals surface area contributed by atoms with Gasteiger partial charge in [0.15, 0.2) is 0 Å². The summed E-state index contributed by atoms with van der Waals surface area (Å²) in [6, 6.07) is 11.9. The second kappa shape index (κ2) is 7.70. The zero-order chi connectivity index (χ0) is 13.3. The largest absolute Gasteiger partial charge is 0.491 e. The number of benzene rings is 1. The Morgan fingerprint density at radius 2 is 1.94 bits per heavy atom. The molecule has 1 aromatic rings. The molecule has 0 bridgehead atoms. The fraction of sp³-hybridized carbons (Fsp3) is 0.500. The number of hydrogen-bond acceptors (Lipinski definition) is 4. The first-order valence-corrected chi connectivity index (χ1v) is 6.06. The van der Waals surface area contributed by atoms with Crippen LogP contribution in [0.15, 0.2) is 30.3 Å². The molecule has 18 heavy (non-hydrogen) atoms. The third-order valence-corrected chi connectivity index (χ3v) is 2.78. The van der Waals surface area contributed by atoms with Crippen LogP contribution in [-0.2, 0) is 4.74 Å². The molecule has 4 nitrogen and oxygen atoms in total. The molecule has 0 heterocycles. The van der Waals surface area contributed by atoms with E-state index in [9.17, 15) is 0 Å². The number of nitrogens with zero attached hydrogens (tertiary/aromatic N) is 1. The predicted octanol–water partition coefficient (Wildman–Crippen LogP) is 1.97. The number of nitriles is 1. The van der Waals surface area contributed by atoms with Gasteiger partial charge in [0.05, 0.1) is 12.7 Å². The summed E-state index contributed by atoms with van der Waals surface area (Å²) in [5.41, 5.74) is -0.514. The van der Waals surface area contributed by atoms with Gasteiger partial charge in [-0.25, -0.2) is 0 Å². The van der Waals surface area contributed by atoms with Gasteiger partial charge in [-0.3, -0.25) is 0 Å². The van der Waals surface area contributed by atoms with Crippen LogP contribution >= 0.6 is 0 Å². The lowest BCUT2D eigenvalue weighted by Crippen LogP contribution is -2.39. The van der Waals surface area contributed by atoms with Gasteiger partial charge in [0, 0.05) is 13.0 Å². The Kier molecular flexibility index (Phi) is 6.20. The number of nitrogens with one attached hydrogen (secondary N) is 1. The predicted molar refractivity (Wildman–Crippen MR) is 70.5 cm³/mol. The van der Waals surface area contributed by atoms with Gasteiger partial charge < -0.3 is 14.8 Å². The van der Waals surface area contributed by atoms with Crippen LogP contribution in [0.1, 0.15) is 13.3 Å². The molecular formula is C14H20N2O2. The van der Waals surface area contributed by atoms with Crippen molar-refractivity contribution in [1.29, 1.82) is 5.26 Å². The lowest BCUT2D eigenvalue weighted by atomic mass is 10.0. The zero-order valence-electron chi connectivity index (χ0n) is 11.0. The first-order valence-electron chi connectivity index (χ1n) is 6.06. The first kappa shape index (κ1) is 14.5. The quantitative estimate of drug-likeness (QED) is 0.715. The van der Waals surface area contributed by atoms with Gasteiger partial charge in [0.2, 0.25) is 0 Å². The molecule has 0 spiro atoms. The summed E-state index contributed by atoms with van der Waals surface area (Å²) in [6.07, 6.45) is 0.658. The van der Waals surface area contributed by atoms with E-state index in [4.69, 9.17) is 14.7 Å². The van der Waals surface area contributed by atoms with E-state index in [-0.39, 0.29) is 0 Å². The SMILES string of the molecule is CNC(C)(C#N)CCOCCOc1ccccc1. The number of para-hydroxylation sites is 1. The number of hydrogen-bond donors (Lipinski definition) is 1. The van der Waals surface area contributed by atoms with Crippen molar-refractivity contribution < 1.29 is 9.47 Å². The number of rotatable bonds is 8.